The summed E-state index contributed by atoms with van der Waals surface area (Å²) >= 11 is 0. The van der Waals surface area contributed by atoms with E-state index in [2.05, 4.69) is 18.7 Å². The third-order valence-electron chi connectivity index (χ3n) is 2.95. The quantitative estimate of drug-likeness (QED) is 0.770. The molecular weight excluding hydrogens is 232 g/mol. The summed E-state index contributed by atoms with van der Waals surface area (Å²) in [5.41, 5.74) is 3.82. The molecule has 0 aromatic heterocycles. The predicted molar refractivity (Wildman–Crippen MR) is 75.2 cm³/mol. The summed E-state index contributed by atoms with van der Waals surface area (Å²) in [5.74, 6) is 0. The van der Waals surface area contributed by atoms with Gasteiger partial charge >= 0.3 is 0 Å². The van der Waals surface area contributed by atoms with E-state index in [9.17, 15) is 10.5 Å². The molecule has 0 amide bonds. The molecule has 19 heavy (non-hydrogen) atoms. The SMILES string of the molecule is C=CCc1cccc(C#N)c1-c1ccccc1C#N. The Kier molecular flexibility index (Phi) is 3.76. The summed E-state index contributed by atoms with van der Waals surface area (Å²) in [6, 6.07) is 17.3. The van der Waals surface area contributed by atoms with Crippen molar-refractivity contribution >= 4 is 0 Å². The van der Waals surface area contributed by atoms with Crippen LogP contribution in [0.2, 0.25) is 0 Å². The van der Waals surface area contributed by atoms with E-state index in [1.54, 1.807) is 18.2 Å². The summed E-state index contributed by atoms with van der Waals surface area (Å²) in [6.45, 7) is 3.74. The zero-order chi connectivity index (χ0) is 13.7. The van der Waals surface area contributed by atoms with E-state index in [-0.39, 0.29) is 0 Å². The van der Waals surface area contributed by atoms with Crippen LogP contribution >= 0.6 is 0 Å². The number of nitriles is 2. The van der Waals surface area contributed by atoms with Crippen LogP contribution < -0.4 is 0 Å². The van der Waals surface area contributed by atoms with Gasteiger partial charge in [0.15, 0.2) is 0 Å². The minimum atomic E-state index is 0.579. The number of nitrogens with zero attached hydrogens (tertiary/aromatic N) is 2. The number of benzene rings is 2. The van der Waals surface area contributed by atoms with Gasteiger partial charge in [0.25, 0.3) is 0 Å². The van der Waals surface area contributed by atoms with Crippen molar-refractivity contribution in [2.24, 2.45) is 0 Å². The van der Waals surface area contributed by atoms with Crippen molar-refractivity contribution in [3.63, 3.8) is 0 Å². The summed E-state index contributed by atoms with van der Waals surface area (Å²) in [7, 11) is 0. The number of rotatable bonds is 3. The summed E-state index contributed by atoms with van der Waals surface area (Å²) in [5, 5.41) is 18.5. The summed E-state index contributed by atoms with van der Waals surface area (Å²) < 4.78 is 0. The lowest BCUT2D eigenvalue weighted by Crippen LogP contribution is -1.94. The van der Waals surface area contributed by atoms with Crippen LogP contribution in [0.5, 0.6) is 0 Å². The highest BCUT2D eigenvalue weighted by atomic mass is 14.3. The summed E-state index contributed by atoms with van der Waals surface area (Å²) in [6.07, 6.45) is 2.47. The van der Waals surface area contributed by atoms with Gasteiger partial charge in [-0.1, -0.05) is 36.4 Å². The molecule has 0 heterocycles. The molecule has 2 heteroatoms. The molecule has 0 aliphatic rings. The van der Waals surface area contributed by atoms with Crippen molar-refractivity contribution in [3.8, 4) is 23.3 Å². The molecule has 0 N–H and O–H groups in total. The van der Waals surface area contributed by atoms with E-state index >= 15 is 0 Å². The maximum absolute atomic E-state index is 9.28. The first kappa shape index (κ1) is 12.6. The van der Waals surface area contributed by atoms with Crippen LogP contribution in [-0.2, 0) is 6.42 Å². The normalized spacial score (nSPS) is 9.37. The minimum Gasteiger partial charge on any atom is -0.192 e. The molecule has 90 valence electrons. The van der Waals surface area contributed by atoms with Gasteiger partial charge in [-0.2, -0.15) is 10.5 Å². The van der Waals surface area contributed by atoms with Crippen molar-refractivity contribution in [2.75, 3.05) is 0 Å². The third kappa shape index (κ3) is 2.39. The molecule has 0 atom stereocenters. The van der Waals surface area contributed by atoms with E-state index in [1.165, 1.54) is 0 Å². The van der Waals surface area contributed by atoms with E-state index in [4.69, 9.17) is 0 Å². The number of hydrogen-bond acceptors (Lipinski definition) is 2. The van der Waals surface area contributed by atoms with Crippen LogP contribution in [0.4, 0.5) is 0 Å². The van der Waals surface area contributed by atoms with Crippen LogP contribution in [0.1, 0.15) is 16.7 Å². The van der Waals surface area contributed by atoms with Gasteiger partial charge in [0.05, 0.1) is 23.3 Å². The second kappa shape index (κ2) is 5.67. The van der Waals surface area contributed by atoms with Gasteiger partial charge in [-0.05, 0) is 24.1 Å². The highest BCUT2D eigenvalue weighted by molar-refractivity contribution is 5.78. The molecule has 0 saturated carbocycles. The average Bonchev–Trinajstić information content (AvgIpc) is 2.47. The molecular formula is C17H12N2. The highest BCUT2D eigenvalue weighted by Gasteiger charge is 2.12. The van der Waals surface area contributed by atoms with Gasteiger partial charge in [0.1, 0.15) is 0 Å². The first-order chi connectivity index (χ1) is 9.31. The van der Waals surface area contributed by atoms with Crippen LogP contribution in [0.3, 0.4) is 0 Å². The Morgan fingerprint density at radius 2 is 1.63 bits per heavy atom. The molecule has 0 spiro atoms. The van der Waals surface area contributed by atoms with Crippen molar-refractivity contribution in [2.45, 2.75) is 6.42 Å². The molecule has 2 nitrogen and oxygen atoms in total. The number of hydrogen-bond donors (Lipinski definition) is 0. The molecule has 2 aromatic rings. The first-order valence-corrected chi connectivity index (χ1v) is 5.94. The zero-order valence-electron chi connectivity index (χ0n) is 10.4. The lowest BCUT2D eigenvalue weighted by molar-refractivity contribution is 1.27. The average molecular weight is 244 g/mol. The fourth-order valence-corrected chi connectivity index (χ4v) is 2.14. The van der Waals surface area contributed by atoms with Crippen LogP contribution in [0.15, 0.2) is 55.1 Å². The molecule has 0 radical (unpaired) electrons. The van der Waals surface area contributed by atoms with E-state index in [0.29, 0.717) is 17.5 Å². The van der Waals surface area contributed by atoms with Gasteiger partial charge in [-0.25, -0.2) is 0 Å². The van der Waals surface area contributed by atoms with Crippen LogP contribution in [0, 0.1) is 22.7 Å². The Hall–Kier alpha value is -2.84. The van der Waals surface area contributed by atoms with Gasteiger partial charge in [-0.15, -0.1) is 6.58 Å². The van der Waals surface area contributed by atoms with Crippen molar-refractivity contribution in [1.29, 1.82) is 10.5 Å². The predicted octanol–water partition coefficient (Wildman–Crippen LogP) is 3.83. The fourth-order valence-electron chi connectivity index (χ4n) is 2.14. The molecule has 0 aliphatic heterocycles. The molecule has 0 saturated heterocycles. The zero-order valence-corrected chi connectivity index (χ0v) is 10.4. The monoisotopic (exact) mass is 244 g/mol. The maximum atomic E-state index is 9.28. The van der Waals surface area contributed by atoms with Gasteiger partial charge in [0.2, 0.25) is 0 Å². The molecule has 2 rings (SSSR count). The van der Waals surface area contributed by atoms with E-state index in [0.717, 1.165) is 16.7 Å². The molecule has 0 unspecified atom stereocenters. The highest BCUT2D eigenvalue weighted by Crippen LogP contribution is 2.30. The topological polar surface area (TPSA) is 47.6 Å². The van der Waals surface area contributed by atoms with Gasteiger partial charge in [-0.3, -0.25) is 0 Å². The van der Waals surface area contributed by atoms with Crippen LogP contribution in [0.25, 0.3) is 11.1 Å². The van der Waals surface area contributed by atoms with E-state index < -0.39 is 0 Å². The molecule has 0 fully saturated rings. The van der Waals surface area contributed by atoms with E-state index in [1.807, 2.05) is 30.3 Å². The van der Waals surface area contributed by atoms with Crippen LogP contribution in [-0.4, -0.2) is 0 Å². The second-order valence-corrected chi connectivity index (χ2v) is 4.10. The fraction of sp³-hybridized carbons (Fsp3) is 0.0588. The third-order valence-corrected chi connectivity index (χ3v) is 2.95. The Labute approximate surface area is 112 Å². The molecule has 0 aliphatic carbocycles. The Bertz CT molecular complexity index is 700. The minimum absolute atomic E-state index is 0.579. The summed E-state index contributed by atoms with van der Waals surface area (Å²) in [4.78, 5) is 0. The van der Waals surface area contributed by atoms with Crippen molar-refractivity contribution in [3.05, 3.63) is 71.8 Å². The second-order valence-electron chi connectivity index (χ2n) is 4.10. The first-order valence-electron chi connectivity index (χ1n) is 5.94. The van der Waals surface area contributed by atoms with Crippen molar-refractivity contribution in [1.82, 2.24) is 0 Å². The molecule has 2 aromatic carbocycles. The Morgan fingerprint density at radius 1 is 0.947 bits per heavy atom. The lowest BCUT2D eigenvalue weighted by atomic mass is 9.90. The largest absolute Gasteiger partial charge is 0.192 e. The standard InChI is InChI=1S/C17H12N2/c1-2-6-13-8-5-9-15(12-19)17(13)16-10-4-3-7-14(16)11-18/h2-5,7-10H,1,6H2. The number of allylic oxidation sites excluding steroid dienone is 1. The van der Waals surface area contributed by atoms with Gasteiger partial charge < -0.3 is 0 Å². The Balaban J connectivity index is 2.77. The van der Waals surface area contributed by atoms with Crippen molar-refractivity contribution < 1.29 is 0 Å². The smallest absolute Gasteiger partial charge is 0.0998 e. The maximum Gasteiger partial charge on any atom is 0.0998 e. The molecule has 0 bridgehead atoms. The lowest BCUT2D eigenvalue weighted by Gasteiger charge is -2.11. The Morgan fingerprint density at radius 3 is 2.32 bits per heavy atom. The van der Waals surface area contributed by atoms with Gasteiger partial charge in [0, 0.05) is 11.1 Å².